The average Bonchev–Trinajstić information content (AvgIpc) is 2.61. The van der Waals surface area contributed by atoms with E-state index >= 15 is 0 Å². The number of fused-ring (bicyclic) bond motifs is 1. The smallest absolute Gasteiger partial charge is 0.354 e. The summed E-state index contributed by atoms with van der Waals surface area (Å²) in [6.07, 6.45) is 0.953. The Bertz CT molecular complexity index is 320. The molecule has 2 rings (SSSR count). The van der Waals surface area contributed by atoms with Crippen LogP contribution in [0, 0.1) is 0 Å². The maximum Gasteiger partial charge on any atom is 0.354 e. The van der Waals surface area contributed by atoms with Crippen molar-refractivity contribution in [2.24, 2.45) is 0 Å². The molecule has 1 aliphatic heterocycles. The Morgan fingerprint density at radius 2 is 2.50 bits per heavy atom. The van der Waals surface area contributed by atoms with E-state index in [4.69, 9.17) is 4.74 Å². The van der Waals surface area contributed by atoms with Gasteiger partial charge in [0.15, 0.2) is 0 Å². The van der Waals surface area contributed by atoms with E-state index in [1.807, 2.05) is 13.0 Å². The third-order valence-corrected chi connectivity index (χ3v) is 2.35. The van der Waals surface area contributed by atoms with Gasteiger partial charge in [-0.3, -0.25) is 0 Å². The molecule has 14 heavy (non-hydrogen) atoms. The van der Waals surface area contributed by atoms with E-state index in [1.54, 1.807) is 0 Å². The largest absolute Gasteiger partial charge is 0.461 e. The Morgan fingerprint density at radius 3 is 3.21 bits per heavy atom. The Morgan fingerprint density at radius 1 is 1.64 bits per heavy atom. The maximum absolute atomic E-state index is 11.4. The molecule has 0 aliphatic carbocycles. The highest BCUT2D eigenvalue weighted by atomic mass is 16.5. The van der Waals surface area contributed by atoms with Crippen LogP contribution in [0.25, 0.3) is 0 Å². The second kappa shape index (κ2) is 3.84. The fourth-order valence-electron chi connectivity index (χ4n) is 1.68. The van der Waals surface area contributed by atoms with Crippen molar-refractivity contribution in [2.75, 3.05) is 13.2 Å². The maximum atomic E-state index is 11.4. The number of aromatic nitrogens is 1. The predicted molar refractivity (Wildman–Crippen MR) is 52.2 cm³/mol. The van der Waals surface area contributed by atoms with Crippen LogP contribution in [0.3, 0.4) is 0 Å². The minimum atomic E-state index is -0.262. The number of ether oxygens (including phenoxy) is 1. The van der Waals surface area contributed by atoms with Crippen molar-refractivity contribution in [2.45, 2.75) is 19.9 Å². The highest BCUT2D eigenvalue weighted by Gasteiger charge is 2.16. The van der Waals surface area contributed by atoms with Crippen LogP contribution >= 0.6 is 0 Å². The van der Waals surface area contributed by atoms with Gasteiger partial charge >= 0.3 is 5.97 Å². The summed E-state index contributed by atoms with van der Waals surface area (Å²) in [6.45, 7) is 4.03. The Labute approximate surface area is 82.6 Å². The molecule has 76 valence electrons. The quantitative estimate of drug-likeness (QED) is 0.686. The van der Waals surface area contributed by atoms with Crippen LogP contribution in [0.2, 0.25) is 0 Å². The standard InChI is InChI=1S/C10H14N2O2/c1-2-14-10(13)9-5-7-6-11-4-3-8(7)12-9/h5,11-12H,2-4,6H2,1H3. The lowest BCUT2D eigenvalue weighted by Crippen LogP contribution is -2.22. The van der Waals surface area contributed by atoms with Crippen molar-refractivity contribution in [3.63, 3.8) is 0 Å². The summed E-state index contributed by atoms with van der Waals surface area (Å²) >= 11 is 0. The number of carbonyl (C=O) groups is 1. The van der Waals surface area contributed by atoms with Crippen LogP contribution in [0.15, 0.2) is 6.07 Å². The molecule has 1 aromatic rings. The van der Waals surface area contributed by atoms with Gasteiger partial charge in [0.2, 0.25) is 0 Å². The molecule has 0 saturated heterocycles. The molecule has 0 amide bonds. The fourth-order valence-corrected chi connectivity index (χ4v) is 1.68. The zero-order chi connectivity index (χ0) is 9.97. The molecular formula is C10H14N2O2. The third kappa shape index (κ3) is 1.65. The normalized spacial score (nSPS) is 14.9. The van der Waals surface area contributed by atoms with E-state index in [0.29, 0.717) is 12.3 Å². The lowest BCUT2D eigenvalue weighted by Gasteiger charge is -2.11. The SMILES string of the molecule is CCOC(=O)c1cc2c([nH]1)CCNC2. The Balaban J connectivity index is 2.19. The molecule has 0 bridgehead atoms. The van der Waals surface area contributed by atoms with Crippen molar-refractivity contribution in [1.29, 1.82) is 0 Å². The number of carbonyl (C=O) groups excluding carboxylic acids is 1. The Hall–Kier alpha value is -1.29. The molecule has 0 radical (unpaired) electrons. The van der Waals surface area contributed by atoms with Gasteiger partial charge < -0.3 is 15.0 Å². The molecule has 1 aromatic heterocycles. The first-order chi connectivity index (χ1) is 6.81. The van der Waals surface area contributed by atoms with E-state index in [2.05, 4.69) is 10.3 Å². The monoisotopic (exact) mass is 194 g/mol. The summed E-state index contributed by atoms with van der Waals surface area (Å²) < 4.78 is 4.92. The van der Waals surface area contributed by atoms with Gasteiger partial charge in [-0.25, -0.2) is 4.79 Å². The highest BCUT2D eigenvalue weighted by molar-refractivity contribution is 5.87. The number of nitrogens with one attached hydrogen (secondary N) is 2. The first-order valence-corrected chi connectivity index (χ1v) is 4.90. The lowest BCUT2D eigenvalue weighted by molar-refractivity contribution is 0.0520. The van der Waals surface area contributed by atoms with Gasteiger partial charge in [0, 0.05) is 25.2 Å². The molecule has 0 spiro atoms. The first kappa shape index (κ1) is 9.27. The molecule has 0 aromatic carbocycles. The Kier molecular flexibility index (Phi) is 2.54. The number of esters is 1. The van der Waals surface area contributed by atoms with E-state index in [9.17, 15) is 4.79 Å². The summed E-state index contributed by atoms with van der Waals surface area (Å²) in [7, 11) is 0. The van der Waals surface area contributed by atoms with Gasteiger partial charge in [-0.1, -0.05) is 0 Å². The molecule has 2 N–H and O–H groups in total. The van der Waals surface area contributed by atoms with Crippen molar-refractivity contribution in [3.05, 3.63) is 23.0 Å². The van der Waals surface area contributed by atoms with Crippen molar-refractivity contribution in [1.82, 2.24) is 10.3 Å². The van der Waals surface area contributed by atoms with E-state index in [0.717, 1.165) is 25.2 Å². The van der Waals surface area contributed by atoms with E-state index in [1.165, 1.54) is 5.56 Å². The minimum absolute atomic E-state index is 0.262. The van der Waals surface area contributed by atoms with E-state index in [-0.39, 0.29) is 5.97 Å². The molecule has 0 unspecified atom stereocenters. The van der Waals surface area contributed by atoms with Crippen molar-refractivity contribution < 1.29 is 9.53 Å². The molecule has 0 saturated carbocycles. The second-order valence-electron chi connectivity index (χ2n) is 3.33. The molecular weight excluding hydrogens is 180 g/mol. The van der Waals surface area contributed by atoms with Crippen LogP contribution in [0.1, 0.15) is 28.7 Å². The summed E-state index contributed by atoms with van der Waals surface area (Å²) in [5.41, 5.74) is 2.91. The number of H-pyrrole nitrogens is 1. The topological polar surface area (TPSA) is 54.1 Å². The van der Waals surface area contributed by atoms with Gasteiger partial charge in [0.25, 0.3) is 0 Å². The summed E-state index contributed by atoms with van der Waals surface area (Å²) in [5.74, 6) is -0.262. The van der Waals surface area contributed by atoms with Gasteiger partial charge in [-0.05, 0) is 18.6 Å². The third-order valence-electron chi connectivity index (χ3n) is 2.35. The lowest BCUT2D eigenvalue weighted by atomic mass is 10.1. The summed E-state index contributed by atoms with van der Waals surface area (Å²) in [5, 5.41) is 3.25. The molecule has 0 atom stereocenters. The van der Waals surface area contributed by atoms with Gasteiger partial charge in [-0.2, -0.15) is 0 Å². The second-order valence-corrected chi connectivity index (χ2v) is 3.33. The average molecular weight is 194 g/mol. The van der Waals surface area contributed by atoms with E-state index < -0.39 is 0 Å². The van der Waals surface area contributed by atoms with Gasteiger partial charge in [0.05, 0.1) is 6.61 Å². The predicted octanol–water partition coefficient (Wildman–Crippen LogP) is 0.837. The van der Waals surface area contributed by atoms with Crippen LogP contribution in [0.4, 0.5) is 0 Å². The van der Waals surface area contributed by atoms with Crippen LogP contribution in [0.5, 0.6) is 0 Å². The number of aromatic amines is 1. The molecule has 0 fully saturated rings. The van der Waals surface area contributed by atoms with Crippen molar-refractivity contribution in [3.8, 4) is 0 Å². The van der Waals surface area contributed by atoms with Gasteiger partial charge in [0.1, 0.15) is 5.69 Å². The first-order valence-electron chi connectivity index (χ1n) is 4.90. The van der Waals surface area contributed by atoms with Crippen LogP contribution in [-0.2, 0) is 17.7 Å². The summed E-state index contributed by atoms with van der Waals surface area (Å²) in [4.78, 5) is 14.5. The zero-order valence-corrected chi connectivity index (χ0v) is 8.22. The number of rotatable bonds is 2. The number of hydrogen-bond donors (Lipinski definition) is 2. The van der Waals surface area contributed by atoms with Crippen molar-refractivity contribution >= 4 is 5.97 Å². The summed E-state index contributed by atoms with van der Waals surface area (Å²) in [6, 6.07) is 1.87. The molecule has 4 heteroatoms. The molecule has 1 aliphatic rings. The molecule has 2 heterocycles. The molecule has 4 nitrogen and oxygen atoms in total. The highest BCUT2D eigenvalue weighted by Crippen LogP contribution is 2.15. The van der Waals surface area contributed by atoms with Gasteiger partial charge in [-0.15, -0.1) is 0 Å². The number of hydrogen-bond acceptors (Lipinski definition) is 3. The fraction of sp³-hybridized carbons (Fsp3) is 0.500. The zero-order valence-electron chi connectivity index (χ0n) is 8.22. The minimum Gasteiger partial charge on any atom is -0.461 e. The van der Waals surface area contributed by atoms with Crippen LogP contribution in [-0.4, -0.2) is 24.1 Å². The van der Waals surface area contributed by atoms with Crippen LogP contribution < -0.4 is 5.32 Å².